The molecule has 0 amide bonds. The lowest BCUT2D eigenvalue weighted by molar-refractivity contribution is 0.240. The molecule has 0 aliphatic heterocycles. The molecule has 0 fully saturated rings. The summed E-state index contributed by atoms with van der Waals surface area (Å²) in [6, 6.07) is 16.1. The number of rotatable bonds is 10. The van der Waals surface area contributed by atoms with Crippen LogP contribution in [0.1, 0.15) is 11.1 Å². The highest BCUT2D eigenvalue weighted by molar-refractivity contribution is 7.99. The lowest BCUT2D eigenvalue weighted by atomic mass is 10.2. The van der Waals surface area contributed by atoms with Crippen LogP contribution in [-0.4, -0.2) is 23.4 Å². The molecular weight excluding hydrogens is 367 g/mol. The monoisotopic (exact) mass is 386 g/mol. The van der Waals surface area contributed by atoms with E-state index < -0.39 is 0 Å². The number of benzene rings is 2. The first-order chi connectivity index (χ1) is 11.2. The average Bonchev–Trinajstić information content (AvgIpc) is 2.56. The third-order valence-corrected chi connectivity index (χ3v) is 5.39. The standard InChI is InChI=1S/C18H20Cl2OS2/c19-17-5-1-15(2-6-17)9-11-22-13-21-14-23-12-10-16-3-7-18(20)8-4-16/h1-8H,9-14H2. The van der Waals surface area contributed by atoms with E-state index in [1.807, 2.05) is 47.8 Å². The number of hydrogen-bond donors (Lipinski definition) is 0. The lowest BCUT2D eigenvalue weighted by Gasteiger charge is -2.05. The van der Waals surface area contributed by atoms with E-state index in [2.05, 4.69) is 24.3 Å². The second-order valence-electron chi connectivity index (χ2n) is 5.01. The maximum absolute atomic E-state index is 5.87. The second kappa shape index (κ2) is 11.3. The maximum Gasteiger partial charge on any atom is 0.0932 e. The van der Waals surface area contributed by atoms with Crippen molar-refractivity contribution in [2.75, 3.05) is 23.4 Å². The molecule has 2 rings (SSSR count). The van der Waals surface area contributed by atoms with E-state index in [0.717, 1.165) is 46.3 Å². The van der Waals surface area contributed by atoms with Crippen molar-refractivity contribution in [2.24, 2.45) is 0 Å². The van der Waals surface area contributed by atoms with Gasteiger partial charge in [-0.05, 0) is 59.7 Å². The molecule has 5 heteroatoms. The van der Waals surface area contributed by atoms with Gasteiger partial charge in [-0.25, -0.2) is 0 Å². The highest BCUT2D eigenvalue weighted by Gasteiger charge is 1.97. The largest absolute Gasteiger partial charge is 0.360 e. The Bertz CT molecular complexity index is 507. The predicted molar refractivity (Wildman–Crippen MR) is 106 cm³/mol. The van der Waals surface area contributed by atoms with Crippen LogP contribution in [0.4, 0.5) is 0 Å². The fourth-order valence-electron chi connectivity index (χ4n) is 1.95. The summed E-state index contributed by atoms with van der Waals surface area (Å²) in [6.07, 6.45) is 2.10. The highest BCUT2D eigenvalue weighted by atomic mass is 35.5. The van der Waals surface area contributed by atoms with Crippen molar-refractivity contribution >= 4 is 46.7 Å². The van der Waals surface area contributed by atoms with Crippen molar-refractivity contribution < 1.29 is 4.74 Å². The number of aryl methyl sites for hydroxylation is 2. The van der Waals surface area contributed by atoms with Gasteiger partial charge in [-0.1, -0.05) is 47.5 Å². The van der Waals surface area contributed by atoms with Gasteiger partial charge >= 0.3 is 0 Å². The van der Waals surface area contributed by atoms with Gasteiger partial charge in [-0.3, -0.25) is 0 Å². The summed E-state index contributed by atoms with van der Waals surface area (Å²) in [6.45, 7) is 0. The zero-order valence-electron chi connectivity index (χ0n) is 12.8. The molecule has 0 aliphatic carbocycles. The summed E-state index contributed by atoms with van der Waals surface area (Å²) in [4.78, 5) is 0. The Morgan fingerprint density at radius 3 is 1.43 bits per heavy atom. The summed E-state index contributed by atoms with van der Waals surface area (Å²) in [5.41, 5.74) is 2.64. The van der Waals surface area contributed by atoms with E-state index in [-0.39, 0.29) is 0 Å². The minimum Gasteiger partial charge on any atom is -0.360 e. The Hall–Kier alpha value is -0.320. The summed E-state index contributed by atoms with van der Waals surface area (Å²) in [5, 5.41) is 1.58. The third kappa shape index (κ3) is 8.37. The number of halogens is 2. The van der Waals surface area contributed by atoms with Crippen LogP contribution in [0.15, 0.2) is 48.5 Å². The molecule has 0 radical (unpaired) electrons. The van der Waals surface area contributed by atoms with Gasteiger partial charge in [0, 0.05) is 10.0 Å². The number of ether oxygens (including phenoxy) is 1. The zero-order valence-corrected chi connectivity index (χ0v) is 16.0. The second-order valence-corrected chi connectivity index (χ2v) is 7.99. The van der Waals surface area contributed by atoms with Crippen LogP contribution in [0.2, 0.25) is 10.0 Å². The van der Waals surface area contributed by atoms with Crippen LogP contribution in [0.25, 0.3) is 0 Å². The van der Waals surface area contributed by atoms with Crippen molar-refractivity contribution in [3.05, 3.63) is 69.7 Å². The van der Waals surface area contributed by atoms with E-state index in [1.165, 1.54) is 11.1 Å². The molecule has 0 aliphatic rings. The molecule has 0 saturated heterocycles. The van der Waals surface area contributed by atoms with Gasteiger partial charge in [-0.15, -0.1) is 23.5 Å². The van der Waals surface area contributed by atoms with Gasteiger partial charge in [-0.2, -0.15) is 0 Å². The first kappa shape index (κ1) is 19.0. The molecule has 0 heterocycles. The first-order valence-corrected chi connectivity index (χ1v) is 10.5. The topological polar surface area (TPSA) is 9.23 Å². The molecule has 2 aromatic carbocycles. The van der Waals surface area contributed by atoms with Crippen LogP contribution in [-0.2, 0) is 17.6 Å². The van der Waals surface area contributed by atoms with Crippen molar-refractivity contribution in [3.63, 3.8) is 0 Å². The molecule has 0 N–H and O–H groups in total. The molecule has 0 aromatic heterocycles. The highest BCUT2D eigenvalue weighted by Crippen LogP contribution is 2.14. The van der Waals surface area contributed by atoms with Crippen molar-refractivity contribution in [1.82, 2.24) is 0 Å². The Labute approximate surface area is 157 Å². The van der Waals surface area contributed by atoms with E-state index in [9.17, 15) is 0 Å². The van der Waals surface area contributed by atoms with E-state index in [4.69, 9.17) is 27.9 Å². The molecule has 2 aromatic rings. The quantitative estimate of drug-likeness (QED) is 0.356. The van der Waals surface area contributed by atoms with E-state index in [0.29, 0.717) is 0 Å². The van der Waals surface area contributed by atoms with Gasteiger partial charge in [0.25, 0.3) is 0 Å². The predicted octanol–water partition coefficient (Wildman–Crippen LogP) is 6.18. The van der Waals surface area contributed by atoms with E-state index >= 15 is 0 Å². The molecular formula is C18H20Cl2OS2. The minimum atomic E-state index is 0.752. The fraction of sp³-hybridized carbons (Fsp3) is 0.333. The van der Waals surface area contributed by atoms with Crippen molar-refractivity contribution in [3.8, 4) is 0 Å². The summed E-state index contributed by atoms with van der Waals surface area (Å²) >= 11 is 15.4. The number of hydrogen-bond acceptors (Lipinski definition) is 3. The van der Waals surface area contributed by atoms with Crippen LogP contribution in [0.3, 0.4) is 0 Å². The Kier molecular flexibility index (Phi) is 9.32. The summed E-state index contributed by atoms with van der Waals surface area (Å²) in [5.74, 6) is 3.64. The first-order valence-electron chi connectivity index (χ1n) is 7.46. The fourth-order valence-corrected chi connectivity index (χ4v) is 3.71. The van der Waals surface area contributed by atoms with Crippen LogP contribution < -0.4 is 0 Å². The molecule has 1 nitrogen and oxygen atoms in total. The normalized spacial score (nSPS) is 10.9. The van der Waals surface area contributed by atoms with Gasteiger partial charge in [0.2, 0.25) is 0 Å². The van der Waals surface area contributed by atoms with Crippen molar-refractivity contribution in [2.45, 2.75) is 12.8 Å². The van der Waals surface area contributed by atoms with Crippen LogP contribution in [0, 0.1) is 0 Å². The number of thioether (sulfide) groups is 2. The van der Waals surface area contributed by atoms with Gasteiger partial charge in [0.05, 0.1) is 11.9 Å². The van der Waals surface area contributed by atoms with Gasteiger partial charge in [0.1, 0.15) is 0 Å². The Morgan fingerprint density at radius 2 is 1.04 bits per heavy atom. The summed E-state index contributed by atoms with van der Waals surface area (Å²) in [7, 11) is 0. The SMILES string of the molecule is Clc1ccc(CCSCOCSCCc2ccc(Cl)cc2)cc1. The molecule has 0 spiro atoms. The van der Waals surface area contributed by atoms with Gasteiger partial charge < -0.3 is 4.74 Å². The molecule has 0 unspecified atom stereocenters. The summed E-state index contributed by atoms with van der Waals surface area (Å²) < 4.78 is 5.63. The molecule has 23 heavy (non-hydrogen) atoms. The lowest BCUT2D eigenvalue weighted by Crippen LogP contribution is -1.96. The third-order valence-electron chi connectivity index (χ3n) is 3.23. The van der Waals surface area contributed by atoms with Gasteiger partial charge in [0.15, 0.2) is 0 Å². The molecule has 0 bridgehead atoms. The average molecular weight is 387 g/mol. The van der Waals surface area contributed by atoms with Crippen molar-refractivity contribution in [1.29, 1.82) is 0 Å². The van der Waals surface area contributed by atoms with Crippen LogP contribution >= 0.6 is 46.7 Å². The smallest absolute Gasteiger partial charge is 0.0932 e. The molecule has 0 saturated carbocycles. The minimum absolute atomic E-state index is 0.752. The Balaban J connectivity index is 1.43. The zero-order chi connectivity index (χ0) is 16.3. The molecule has 124 valence electrons. The molecule has 0 atom stereocenters. The van der Waals surface area contributed by atoms with Crippen LogP contribution in [0.5, 0.6) is 0 Å². The van der Waals surface area contributed by atoms with E-state index in [1.54, 1.807) is 0 Å². The Morgan fingerprint density at radius 1 is 0.652 bits per heavy atom. The maximum atomic E-state index is 5.87.